The lowest BCUT2D eigenvalue weighted by molar-refractivity contribution is -0.134. The molecular formula is C14H25NO2. The summed E-state index contributed by atoms with van der Waals surface area (Å²) in [6.07, 6.45) is 5.80. The summed E-state index contributed by atoms with van der Waals surface area (Å²) in [5.41, 5.74) is 5.61. The predicted octanol–water partition coefficient (Wildman–Crippen LogP) is 2.14. The lowest BCUT2D eigenvalue weighted by atomic mass is 9.69. The molecule has 1 saturated heterocycles. The van der Waals surface area contributed by atoms with Gasteiger partial charge in [0.1, 0.15) is 5.78 Å². The number of hydrogen-bond acceptors (Lipinski definition) is 3. The molecule has 0 amide bonds. The lowest BCUT2D eigenvalue weighted by Crippen LogP contribution is -2.47. The molecule has 0 aromatic heterocycles. The van der Waals surface area contributed by atoms with Gasteiger partial charge in [0, 0.05) is 12.0 Å². The Labute approximate surface area is 104 Å². The van der Waals surface area contributed by atoms with Crippen molar-refractivity contribution in [1.29, 1.82) is 0 Å². The largest absolute Gasteiger partial charge is 0.379 e. The van der Waals surface area contributed by atoms with Crippen LogP contribution in [0.3, 0.4) is 0 Å². The van der Waals surface area contributed by atoms with Crippen LogP contribution in [-0.2, 0) is 9.53 Å². The molecule has 1 aliphatic carbocycles. The second-order valence-corrected chi connectivity index (χ2v) is 6.04. The fourth-order valence-electron chi connectivity index (χ4n) is 3.31. The first kappa shape index (κ1) is 13.0. The maximum Gasteiger partial charge on any atom is 0.145 e. The minimum Gasteiger partial charge on any atom is -0.379 e. The van der Waals surface area contributed by atoms with E-state index in [-0.39, 0.29) is 12.0 Å². The summed E-state index contributed by atoms with van der Waals surface area (Å²) >= 11 is 0. The number of rotatable bonds is 3. The third-order valence-electron chi connectivity index (χ3n) is 4.81. The van der Waals surface area contributed by atoms with Crippen LogP contribution in [-0.4, -0.2) is 25.0 Å². The molecule has 0 radical (unpaired) electrons. The quantitative estimate of drug-likeness (QED) is 0.821. The van der Waals surface area contributed by atoms with Crippen LogP contribution in [0, 0.1) is 17.3 Å². The Morgan fingerprint density at radius 2 is 2.24 bits per heavy atom. The zero-order chi connectivity index (χ0) is 12.5. The van der Waals surface area contributed by atoms with Crippen LogP contribution in [0.25, 0.3) is 0 Å². The number of hydrogen-bond donors (Lipinski definition) is 1. The average Bonchev–Trinajstić information content (AvgIpc) is 2.70. The number of carbonyl (C=O) groups is 1. The number of carbonyl (C=O) groups excluding carboxylic acids is 1. The van der Waals surface area contributed by atoms with E-state index in [0.29, 0.717) is 19.0 Å². The van der Waals surface area contributed by atoms with Crippen molar-refractivity contribution in [2.45, 2.75) is 52.0 Å². The van der Waals surface area contributed by atoms with Crippen molar-refractivity contribution in [1.82, 2.24) is 0 Å². The molecule has 4 unspecified atom stereocenters. The fraction of sp³-hybridized carbons (Fsp3) is 0.929. The highest BCUT2D eigenvalue weighted by Crippen LogP contribution is 2.38. The maximum absolute atomic E-state index is 12.6. The van der Waals surface area contributed by atoms with E-state index >= 15 is 0 Å². The second kappa shape index (κ2) is 5.07. The summed E-state index contributed by atoms with van der Waals surface area (Å²) in [7, 11) is 0. The molecular weight excluding hydrogens is 214 g/mol. The van der Waals surface area contributed by atoms with Gasteiger partial charge in [0.05, 0.1) is 18.6 Å². The average molecular weight is 239 g/mol. The van der Waals surface area contributed by atoms with Gasteiger partial charge in [0.15, 0.2) is 0 Å². The molecule has 2 aliphatic rings. The number of ketones is 1. The first-order valence-corrected chi connectivity index (χ1v) is 6.95. The molecule has 2 fully saturated rings. The molecule has 4 atom stereocenters. The van der Waals surface area contributed by atoms with Gasteiger partial charge in [-0.1, -0.05) is 26.2 Å². The number of nitrogens with two attached hydrogens (primary N) is 1. The van der Waals surface area contributed by atoms with E-state index in [1.54, 1.807) is 0 Å². The number of ether oxygens (including phenoxy) is 1. The summed E-state index contributed by atoms with van der Waals surface area (Å²) in [6.45, 7) is 5.26. The highest BCUT2D eigenvalue weighted by atomic mass is 16.5. The van der Waals surface area contributed by atoms with Crippen molar-refractivity contribution >= 4 is 5.78 Å². The van der Waals surface area contributed by atoms with Gasteiger partial charge in [-0.05, 0) is 25.7 Å². The second-order valence-electron chi connectivity index (χ2n) is 6.04. The van der Waals surface area contributed by atoms with E-state index in [1.165, 1.54) is 19.3 Å². The van der Waals surface area contributed by atoms with Crippen LogP contribution in [0.1, 0.15) is 46.0 Å². The molecule has 98 valence electrons. The van der Waals surface area contributed by atoms with E-state index in [2.05, 4.69) is 6.92 Å². The summed E-state index contributed by atoms with van der Waals surface area (Å²) in [5.74, 6) is 1.33. The third-order valence-corrected chi connectivity index (χ3v) is 4.81. The highest BCUT2D eigenvalue weighted by Gasteiger charge is 2.47. The molecule has 0 aromatic rings. The van der Waals surface area contributed by atoms with E-state index < -0.39 is 5.41 Å². The molecule has 2 N–H and O–H groups in total. The normalized spacial score (nSPS) is 42.6. The van der Waals surface area contributed by atoms with E-state index in [0.717, 1.165) is 18.8 Å². The molecule has 3 nitrogen and oxygen atoms in total. The van der Waals surface area contributed by atoms with E-state index in [1.807, 2.05) is 6.92 Å². The monoisotopic (exact) mass is 239 g/mol. The van der Waals surface area contributed by atoms with Gasteiger partial charge in [-0.3, -0.25) is 4.79 Å². The van der Waals surface area contributed by atoms with Crippen LogP contribution >= 0.6 is 0 Å². The molecule has 3 heteroatoms. The summed E-state index contributed by atoms with van der Waals surface area (Å²) < 4.78 is 5.39. The van der Waals surface area contributed by atoms with Gasteiger partial charge in [-0.25, -0.2) is 0 Å². The van der Waals surface area contributed by atoms with Crippen molar-refractivity contribution in [2.75, 3.05) is 13.2 Å². The van der Waals surface area contributed by atoms with E-state index in [9.17, 15) is 4.79 Å². The van der Waals surface area contributed by atoms with Gasteiger partial charge in [0.2, 0.25) is 0 Å². The highest BCUT2D eigenvalue weighted by molar-refractivity contribution is 5.88. The fourth-order valence-corrected chi connectivity index (χ4v) is 3.31. The minimum atomic E-state index is -0.430. The Morgan fingerprint density at radius 3 is 2.82 bits per heavy atom. The Kier molecular flexibility index (Phi) is 3.88. The zero-order valence-corrected chi connectivity index (χ0v) is 11.1. The Bertz CT molecular complexity index is 292. The van der Waals surface area contributed by atoms with Gasteiger partial charge >= 0.3 is 0 Å². The van der Waals surface area contributed by atoms with Crippen LogP contribution in [0.4, 0.5) is 0 Å². The molecule has 1 heterocycles. The van der Waals surface area contributed by atoms with Crippen molar-refractivity contribution in [3.05, 3.63) is 0 Å². The maximum atomic E-state index is 12.6. The lowest BCUT2D eigenvalue weighted by Gasteiger charge is -2.34. The predicted molar refractivity (Wildman–Crippen MR) is 67.6 cm³/mol. The standard InChI is InChI=1S/C14H25NO2/c1-3-10-5-4-6-11(7-10)13(16)14(2)9-17-8-12(14)15/h10-12H,3-9,15H2,1-2H3. The van der Waals surface area contributed by atoms with Crippen molar-refractivity contribution < 1.29 is 9.53 Å². The topological polar surface area (TPSA) is 52.3 Å². The zero-order valence-electron chi connectivity index (χ0n) is 11.1. The SMILES string of the molecule is CCC1CCCC(C(=O)C2(C)COCC2N)C1. The molecule has 2 rings (SSSR count). The van der Waals surface area contributed by atoms with Gasteiger partial charge in [-0.15, -0.1) is 0 Å². The van der Waals surface area contributed by atoms with Crippen LogP contribution in [0.2, 0.25) is 0 Å². The third kappa shape index (κ3) is 2.41. The van der Waals surface area contributed by atoms with Gasteiger partial charge < -0.3 is 10.5 Å². The first-order valence-electron chi connectivity index (χ1n) is 6.95. The molecule has 1 saturated carbocycles. The van der Waals surface area contributed by atoms with Crippen molar-refractivity contribution in [3.8, 4) is 0 Å². The van der Waals surface area contributed by atoms with Crippen molar-refractivity contribution in [2.24, 2.45) is 23.0 Å². The minimum absolute atomic E-state index is 0.114. The molecule has 0 bridgehead atoms. The summed E-state index contributed by atoms with van der Waals surface area (Å²) in [5, 5.41) is 0. The smallest absolute Gasteiger partial charge is 0.145 e. The van der Waals surface area contributed by atoms with Crippen LogP contribution in [0.5, 0.6) is 0 Å². The number of Topliss-reactive ketones (excluding diaryl/α,β-unsaturated/α-hetero) is 1. The van der Waals surface area contributed by atoms with Crippen LogP contribution < -0.4 is 5.73 Å². The molecule has 17 heavy (non-hydrogen) atoms. The van der Waals surface area contributed by atoms with Gasteiger partial charge in [-0.2, -0.15) is 0 Å². The summed E-state index contributed by atoms with van der Waals surface area (Å²) in [4.78, 5) is 12.6. The molecule has 0 spiro atoms. The molecule has 1 aliphatic heterocycles. The Morgan fingerprint density at radius 1 is 1.47 bits per heavy atom. The Balaban J connectivity index is 2.04. The first-order chi connectivity index (χ1) is 8.08. The van der Waals surface area contributed by atoms with Crippen LogP contribution in [0.15, 0.2) is 0 Å². The molecule has 0 aromatic carbocycles. The van der Waals surface area contributed by atoms with Crippen molar-refractivity contribution in [3.63, 3.8) is 0 Å². The van der Waals surface area contributed by atoms with Gasteiger partial charge in [0.25, 0.3) is 0 Å². The Hall–Kier alpha value is -0.410. The summed E-state index contributed by atoms with van der Waals surface area (Å²) in [6, 6.07) is -0.114. The van der Waals surface area contributed by atoms with E-state index in [4.69, 9.17) is 10.5 Å².